The average molecular weight is 307 g/mol. The van der Waals surface area contributed by atoms with E-state index >= 15 is 0 Å². The van der Waals surface area contributed by atoms with E-state index in [9.17, 15) is 9.59 Å². The topological polar surface area (TPSA) is 66.8 Å². The zero-order valence-electron chi connectivity index (χ0n) is 13.7. The van der Waals surface area contributed by atoms with E-state index in [1.165, 1.54) is 4.90 Å². The van der Waals surface area contributed by atoms with Crippen molar-refractivity contribution in [2.75, 3.05) is 13.7 Å². The minimum absolute atomic E-state index is 0.0773. The zero-order valence-corrected chi connectivity index (χ0v) is 13.7. The lowest BCUT2D eigenvalue weighted by Crippen LogP contribution is -2.41. The van der Waals surface area contributed by atoms with E-state index in [4.69, 9.17) is 9.84 Å². The van der Waals surface area contributed by atoms with Crippen molar-refractivity contribution in [2.45, 2.75) is 45.6 Å². The molecule has 1 N–H and O–H groups in total. The van der Waals surface area contributed by atoms with Crippen LogP contribution >= 0.6 is 0 Å². The van der Waals surface area contributed by atoms with Gasteiger partial charge in [0.05, 0.1) is 7.11 Å². The summed E-state index contributed by atoms with van der Waals surface area (Å²) in [5, 5.41) is 8.94. The largest absolute Gasteiger partial charge is 0.497 e. The first-order valence-electron chi connectivity index (χ1n) is 7.54. The summed E-state index contributed by atoms with van der Waals surface area (Å²) in [5.74, 6) is -0.257. The van der Waals surface area contributed by atoms with Gasteiger partial charge in [0, 0.05) is 12.5 Å². The highest BCUT2D eigenvalue weighted by Crippen LogP contribution is 2.26. The van der Waals surface area contributed by atoms with Crippen LogP contribution in [0.4, 0.5) is 0 Å². The summed E-state index contributed by atoms with van der Waals surface area (Å²) < 4.78 is 5.14. The number of benzene rings is 1. The maximum atomic E-state index is 12.4. The SMILES string of the molecule is CCC(CC(=O)N(CC(=O)O)C(C)C)c1ccc(OC)cc1. The molecule has 0 bridgehead atoms. The maximum absolute atomic E-state index is 12.4. The summed E-state index contributed by atoms with van der Waals surface area (Å²) in [6.45, 7) is 5.43. The molecular formula is C17H25NO4. The molecule has 1 amide bonds. The van der Waals surface area contributed by atoms with Crippen molar-refractivity contribution >= 4 is 11.9 Å². The molecule has 0 aliphatic heterocycles. The van der Waals surface area contributed by atoms with Gasteiger partial charge in [-0.3, -0.25) is 9.59 Å². The third-order valence-corrected chi connectivity index (χ3v) is 3.75. The van der Waals surface area contributed by atoms with Gasteiger partial charge in [0.2, 0.25) is 5.91 Å². The van der Waals surface area contributed by atoms with Crippen LogP contribution < -0.4 is 4.74 Å². The first-order valence-corrected chi connectivity index (χ1v) is 7.54. The Morgan fingerprint density at radius 2 is 1.82 bits per heavy atom. The van der Waals surface area contributed by atoms with Crippen molar-refractivity contribution in [1.82, 2.24) is 4.90 Å². The van der Waals surface area contributed by atoms with E-state index in [1.54, 1.807) is 7.11 Å². The first-order chi connectivity index (χ1) is 10.4. The van der Waals surface area contributed by atoms with Crippen LogP contribution in [-0.4, -0.2) is 41.6 Å². The van der Waals surface area contributed by atoms with Crippen molar-refractivity contribution in [3.8, 4) is 5.75 Å². The standard InChI is InChI=1S/C17H25NO4/c1-5-13(14-6-8-15(22-4)9-7-14)10-16(19)18(12(2)3)11-17(20)21/h6-9,12-13H,5,10-11H2,1-4H3,(H,20,21). The quantitative estimate of drug-likeness (QED) is 0.802. The monoisotopic (exact) mass is 307 g/mol. The van der Waals surface area contributed by atoms with E-state index in [0.29, 0.717) is 6.42 Å². The Hall–Kier alpha value is -2.04. The Morgan fingerprint density at radius 3 is 2.23 bits per heavy atom. The third-order valence-electron chi connectivity index (χ3n) is 3.75. The second-order valence-corrected chi connectivity index (χ2v) is 5.59. The lowest BCUT2D eigenvalue weighted by Gasteiger charge is -2.27. The van der Waals surface area contributed by atoms with E-state index in [1.807, 2.05) is 45.0 Å². The van der Waals surface area contributed by atoms with E-state index in [2.05, 4.69) is 0 Å². The number of rotatable bonds is 8. The molecule has 0 saturated carbocycles. The number of methoxy groups -OCH3 is 1. The Bertz CT molecular complexity index is 496. The molecule has 0 spiro atoms. The van der Waals surface area contributed by atoms with Gasteiger partial charge in [0.15, 0.2) is 0 Å². The van der Waals surface area contributed by atoms with Crippen molar-refractivity contribution in [3.63, 3.8) is 0 Å². The molecule has 1 aromatic rings. The van der Waals surface area contributed by atoms with Crippen LogP contribution in [-0.2, 0) is 9.59 Å². The third kappa shape index (κ3) is 5.06. The van der Waals surface area contributed by atoms with Gasteiger partial charge in [-0.15, -0.1) is 0 Å². The Labute approximate surface area is 131 Å². The number of hydrogen-bond donors (Lipinski definition) is 1. The highest BCUT2D eigenvalue weighted by atomic mass is 16.5. The van der Waals surface area contributed by atoms with Crippen LogP contribution in [0, 0.1) is 0 Å². The van der Waals surface area contributed by atoms with Crippen molar-refractivity contribution in [3.05, 3.63) is 29.8 Å². The van der Waals surface area contributed by atoms with Gasteiger partial charge in [-0.05, 0) is 43.9 Å². The average Bonchev–Trinajstić information content (AvgIpc) is 2.49. The number of aliphatic carboxylic acids is 1. The van der Waals surface area contributed by atoms with Gasteiger partial charge in [0.1, 0.15) is 12.3 Å². The van der Waals surface area contributed by atoms with Crippen LogP contribution in [0.1, 0.15) is 45.1 Å². The number of carbonyl (C=O) groups excluding carboxylic acids is 1. The molecule has 0 fully saturated rings. The van der Waals surface area contributed by atoms with Crippen molar-refractivity contribution in [2.24, 2.45) is 0 Å². The molecular weight excluding hydrogens is 282 g/mol. The number of carboxylic acid groups (broad SMARTS) is 1. The summed E-state index contributed by atoms with van der Waals surface area (Å²) in [6, 6.07) is 7.53. The van der Waals surface area contributed by atoms with Crippen LogP contribution in [0.5, 0.6) is 5.75 Å². The summed E-state index contributed by atoms with van der Waals surface area (Å²) in [6.07, 6.45) is 1.13. The molecule has 0 heterocycles. The van der Waals surface area contributed by atoms with E-state index in [0.717, 1.165) is 17.7 Å². The number of ether oxygens (including phenoxy) is 1. The van der Waals surface area contributed by atoms with E-state index in [-0.39, 0.29) is 24.4 Å². The Balaban J connectivity index is 2.82. The molecule has 122 valence electrons. The number of nitrogens with zero attached hydrogens (tertiary/aromatic N) is 1. The number of carboxylic acids is 1. The van der Waals surface area contributed by atoms with E-state index < -0.39 is 5.97 Å². The molecule has 0 radical (unpaired) electrons. The Kier molecular flexibility index (Phi) is 6.89. The fourth-order valence-corrected chi connectivity index (χ4v) is 2.41. The highest BCUT2D eigenvalue weighted by Gasteiger charge is 2.23. The molecule has 5 nitrogen and oxygen atoms in total. The van der Waals surface area contributed by atoms with Crippen molar-refractivity contribution < 1.29 is 19.4 Å². The molecule has 0 aromatic heterocycles. The van der Waals surface area contributed by atoms with Gasteiger partial charge >= 0.3 is 5.97 Å². The minimum Gasteiger partial charge on any atom is -0.497 e. The van der Waals surface area contributed by atoms with Crippen LogP contribution in [0.15, 0.2) is 24.3 Å². The van der Waals surface area contributed by atoms with Gasteiger partial charge in [-0.25, -0.2) is 0 Å². The molecule has 1 unspecified atom stereocenters. The van der Waals surface area contributed by atoms with Crippen LogP contribution in [0.3, 0.4) is 0 Å². The molecule has 22 heavy (non-hydrogen) atoms. The first kappa shape index (κ1) is 18.0. The van der Waals surface area contributed by atoms with Gasteiger partial charge in [-0.1, -0.05) is 19.1 Å². The fraction of sp³-hybridized carbons (Fsp3) is 0.529. The van der Waals surface area contributed by atoms with Gasteiger partial charge in [-0.2, -0.15) is 0 Å². The normalized spacial score (nSPS) is 12.0. The summed E-state index contributed by atoms with van der Waals surface area (Å²) in [5.41, 5.74) is 1.07. The molecule has 1 aromatic carbocycles. The Morgan fingerprint density at radius 1 is 1.23 bits per heavy atom. The lowest BCUT2D eigenvalue weighted by molar-refractivity contribution is -0.146. The predicted octanol–water partition coefficient (Wildman–Crippen LogP) is 2.90. The van der Waals surface area contributed by atoms with Crippen molar-refractivity contribution in [1.29, 1.82) is 0 Å². The molecule has 0 aliphatic rings. The summed E-state index contributed by atoms with van der Waals surface area (Å²) in [4.78, 5) is 24.7. The maximum Gasteiger partial charge on any atom is 0.323 e. The number of carbonyl (C=O) groups is 2. The molecule has 0 saturated heterocycles. The van der Waals surface area contributed by atoms with Gasteiger partial charge in [0.25, 0.3) is 0 Å². The number of amides is 1. The summed E-state index contributed by atoms with van der Waals surface area (Å²) >= 11 is 0. The van der Waals surface area contributed by atoms with Crippen LogP contribution in [0.25, 0.3) is 0 Å². The highest BCUT2D eigenvalue weighted by molar-refractivity contribution is 5.82. The molecule has 1 atom stereocenters. The summed E-state index contributed by atoms with van der Waals surface area (Å²) in [7, 11) is 1.61. The lowest BCUT2D eigenvalue weighted by atomic mass is 9.92. The molecule has 0 aliphatic carbocycles. The number of hydrogen-bond acceptors (Lipinski definition) is 3. The second kappa shape index (κ2) is 8.41. The van der Waals surface area contributed by atoms with Gasteiger partial charge < -0.3 is 14.7 Å². The van der Waals surface area contributed by atoms with Crippen LogP contribution in [0.2, 0.25) is 0 Å². The smallest absolute Gasteiger partial charge is 0.323 e. The minimum atomic E-state index is -0.987. The predicted molar refractivity (Wildman–Crippen MR) is 85.1 cm³/mol. The fourth-order valence-electron chi connectivity index (χ4n) is 2.41. The molecule has 5 heteroatoms. The second-order valence-electron chi connectivity index (χ2n) is 5.59. The molecule has 1 rings (SSSR count). The zero-order chi connectivity index (χ0) is 16.7.